The summed E-state index contributed by atoms with van der Waals surface area (Å²) >= 11 is 0. The molecule has 0 aliphatic carbocycles. The minimum Gasteiger partial charge on any atom is -0.493 e. The van der Waals surface area contributed by atoms with Crippen LogP contribution in [0.25, 0.3) is 0 Å². The van der Waals surface area contributed by atoms with Crippen LogP contribution in [0.3, 0.4) is 0 Å². The van der Waals surface area contributed by atoms with Gasteiger partial charge in [0.15, 0.2) is 11.4 Å². The molecule has 1 N–H and O–H groups in total. The number of carbonyl (C=O) groups excluding carboxylic acids is 3. The maximum atomic E-state index is 13.1. The van der Waals surface area contributed by atoms with Crippen LogP contribution >= 0.6 is 0 Å². The highest BCUT2D eigenvalue weighted by molar-refractivity contribution is 5.98. The summed E-state index contributed by atoms with van der Waals surface area (Å²) in [7, 11) is 1.38. The van der Waals surface area contributed by atoms with Crippen LogP contribution in [0.1, 0.15) is 64.4 Å². The second kappa shape index (κ2) is 13.9. The highest BCUT2D eigenvalue weighted by atomic mass is 16.6. The van der Waals surface area contributed by atoms with E-state index in [1.807, 2.05) is 20.8 Å². The van der Waals surface area contributed by atoms with E-state index in [9.17, 15) is 14.4 Å². The topological polar surface area (TPSA) is 122 Å². The molecule has 0 aromatic carbocycles. The molecule has 0 spiro atoms. The second-order valence-corrected chi connectivity index (χ2v) is 9.38. The zero-order valence-corrected chi connectivity index (χ0v) is 22.0. The van der Waals surface area contributed by atoms with Crippen molar-refractivity contribution in [1.82, 2.24) is 10.3 Å². The number of hydrogen-bond donors (Lipinski definition) is 1. The Balaban J connectivity index is 2.24. The molecule has 1 aromatic rings. The molecular formula is C26H38N2O8. The maximum Gasteiger partial charge on any atom is 0.329 e. The van der Waals surface area contributed by atoms with Crippen LogP contribution in [0.4, 0.5) is 0 Å². The third kappa shape index (κ3) is 8.60. The number of hydrogen-bond acceptors (Lipinski definition) is 9. The van der Waals surface area contributed by atoms with Gasteiger partial charge in [-0.15, -0.1) is 0 Å². The Kier molecular flexibility index (Phi) is 11.3. The van der Waals surface area contributed by atoms with Gasteiger partial charge in [-0.1, -0.05) is 26.0 Å². The molecule has 1 aliphatic heterocycles. The number of nitrogens with zero attached hydrogens (tertiary/aromatic N) is 1. The first kappa shape index (κ1) is 29.3. The number of rotatable bonds is 10. The predicted molar refractivity (Wildman–Crippen MR) is 132 cm³/mol. The van der Waals surface area contributed by atoms with E-state index in [-0.39, 0.29) is 29.2 Å². The number of pyridine rings is 1. The standard InChI is InChI=1S/C26H38N2O8/c1-15(2)13-33-21-10-8-9-19(26(31)35-17(5)23(21)34-14-16(3)4)28-25(30)22-24(36-18(6)29)20(32-7)11-12-27-22/h11-12,16-17,19,21,23H,1,8-10,13-14H2,2-7H3,(H,28,30)/t17-,19-,21?,23-/m0/s1. The quantitative estimate of drug-likeness (QED) is 0.376. The fraction of sp³-hybridized carbons (Fsp3) is 0.615. The molecule has 2 rings (SSSR count). The summed E-state index contributed by atoms with van der Waals surface area (Å²) in [6.07, 6.45) is 1.43. The van der Waals surface area contributed by atoms with Crippen molar-refractivity contribution in [3.63, 3.8) is 0 Å². The van der Waals surface area contributed by atoms with E-state index in [2.05, 4.69) is 16.9 Å². The lowest BCUT2D eigenvalue weighted by molar-refractivity contribution is -0.168. The number of esters is 2. The van der Waals surface area contributed by atoms with Crippen LogP contribution in [-0.2, 0) is 23.8 Å². The second-order valence-electron chi connectivity index (χ2n) is 9.38. The van der Waals surface area contributed by atoms with Crippen LogP contribution in [0, 0.1) is 5.92 Å². The largest absolute Gasteiger partial charge is 0.493 e. The third-order valence-electron chi connectivity index (χ3n) is 5.42. The third-order valence-corrected chi connectivity index (χ3v) is 5.42. The molecule has 10 heteroatoms. The van der Waals surface area contributed by atoms with Crippen molar-refractivity contribution in [3.8, 4) is 11.5 Å². The van der Waals surface area contributed by atoms with Gasteiger partial charge in [-0.3, -0.25) is 9.59 Å². The van der Waals surface area contributed by atoms with Gasteiger partial charge in [0.05, 0.1) is 19.8 Å². The average molecular weight is 507 g/mol. The molecular weight excluding hydrogens is 468 g/mol. The van der Waals surface area contributed by atoms with Crippen LogP contribution in [0.15, 0.2) is 24.4 Å². The number of aromatic nitrogens is 1. The molecule has 10 nitrogen and oxygen atoms in total. The van der Waals surface area contributed by atoms with Crippen LogP contribution in [0.5, 0.6) is 11.5 Å². The van der Waals surface area contributed by atoms with Gasteiger partial charge in [-0.05, 0) is 39.0 Å². The van der Waals surface area contributed by atoms with E-state index in [1.165, 1.54) is 26.3 Å². The summed E-state index contributed by atoms with van der Waals surface area (Å²) in [5.41, 5.74) is 0.702. The summed E-state index contributed by atoms with van der Waals surface area (Å²) < 4.78 is 28.3. The van der Waals surface area contributed by atoms with Gasteiger partial charge < -0.3 is 29.0 Å². The molecule has 200 valence electrons. The van der Waals surface area contributed by atoms with E-state index in [1.54, 1.807) is 6.92 Å². The smallest absolute Gasteiger partial charge is 0.329 e. The van der Waals surface area contributed by atoms with E-state index in [0.29, 0.717) is 32.5 Å². The first-order chi connectivity index (χ1) is 17.0. The van der Waals surface area contributed by atoms with Gasteiger partial charge >= 0.3 is 11.9 Å². The number of nitrogens with one attached hydrogen (secondary N) is 1. The lowest BCUT2D eigenvalue weighted by atomic mass is 10.0. The Morgan fingerprint density at radius 1 is 1.25 bits per heavy atom. The van der Waals surface area contributed by atoms with Gasteiger partial charge in [0.1, 0.15) is 18.2 Å². The average Bonchev–Trinajstić information content (AvgIpc) is 2.85. The summed E-state index contributed by atoms with van der Waals surface area (Å²) in [5.74, 6) is -1.59. The molecule has 0 radical (unpaired) electrons. The summed E-state index contributed by atoms with van der Waals surface area (Å²) in [6.45, 7) is 13.7. The van der Waals surface area contributed by atoms with E-state index < -0.39 is 36.1 Å². The highest BCUT2D eigenvalue weighted by Gasteiger charge is 2.36. The molecule has 0 bridgehead atoms. The van der Waals surface area contributed by atoms with Crippen LogP contribution < -0.4 is 14.8 Å². The van der Waals surface area contributed by atoms with E-state index in [4.69, 9.17) is 23.7 Å². The number of ether oxygens (including phenoxy) is 5. The van der Waals surface area contributed by atoms with E-state index in [0.717, 1.165) is 5.57 Å². The molecule has 1 unspecified atom stereocenters. The molecule has 2 heterocycles. The molecule has 0 saturated carbocycles. The van der Waals surface area contributed by atoms with Crippen molar-refractivity contribution in [2.24, 2.45) is 5.92 Å². The first-order valence-corrected chi connectivity index (χ1v) is 12.1. The van der Waals surface area contributed by atoms with Crippen LogP contribution in [0.2, 0.25) is 0 Å². The minimum atomic E-state index is -0.941. The Morgan fingerprint density at radius 2 is 1.97 bits per heavy atom. The zero-order chi connectivity index (χ0) is 26.8. The zero-order valence-electron chi connectivity index (χ0n) is 22.0. The molecule has 1 aliphatic rings. The molecule has 1 aromatic heterocycles. The number of cyclic esters (lactones) is 1. The normalized spacial score (nSPS) is 22.6. The first-order valence-electron chi connectivity index (χ1n) is 12.1. The van der Waals surface area contributed by atoms with Crippen molar-refractivity contribution in [2.45, 2.75) is 78.2 Å². The number of carbonyl (C=O) groups is 3. The van der Waals surface area contributed by atoms with Gasteiger partial charge in [-0.25, -0.2) is 9.78 Å². The summed E-state index contributed by atoms with van der Waals surface area (Å²) in [5, 5.41) is 2.68. The Labute approximate surface area is 212 Å². The molecule has 1 fully saturated rings. The van der Waals surface area contributed by atoms with Gasteiger partial charge in [-0.2, -0.15) is 0 Å². The fourth-order valence-corrected chi connectivity index (χ4v) is 3.77. The van der Waals surface area contributed by atoms with Crippen molar-refractivity contribution in [1.29, 1.82) is 0 Å². The predicted octanol–water partition coefficient (Wildman–Crippen LogP) is 3.23. The van der Waals surface area contributed by atoms with Crippen LogP contribution in [-0.4, -0.2) is 67.5 Å². The lowest BCUT2D eigenvalue weighted by Gasteiger charge is -2.31. The monoisotopic (exact) mass is 506 g/mol. The number of amides is 1. The van der Waals surface area contributed by atoms with Gasteiger partial charge in [0, 0.05) is 25.8 Å². The summed E-state index contributed by atoms with van der Waals surface area (Å²) in [4.78, 5) is 41.8. The fourth-order valence-electron chi connectivity index (χ4n) is 3.77. The SMILES string of the molecule is C=C(C)COC1CCC[C@H](NC(=O)c2nccc(OC)c2OC(C)=O)C(=O)O[C@@H](C)[C@@H]1OCC(C)C. The van der Waals surface area contributed by atoms with Crippen molar-refractivity contribution >= 4 is 17.8 Å². The van der Waals surface area contributed by atoms with Gasteiger partial charge in [0.25, 0.3) is 5.91 Å². The maximum absolute atomic E-state index is 13.1. The summed E-state index contributed by atoms with van der Waals surface area (Å²) in [6, 6.07) is 0.525. The Morgan fingerprint density at radius 3 is 2.58 bits per heavy atom. The Hall–Kier alpha value is -2.98. The van der Waals surface area contributed by atoms with Gasteiger partial charge in [0.2, 0.25) is 5.75 Å². The van der Waals surface area contributed by atoms with Crippen molar-refractivity contribution in [2.75, 3.05) is 20.3 Å². The molecule has 36 heavy (non-hydrogen) atoms. The molecule has 1 amide bonds. The Bertz CT molecular complexity index is 933. The van der Waals surface area contributed by atoms with Crippen molar-refractivity contribution < 1.29 is 38.1 Å². The lowest BCUT2D eigenvalue weighted by Crippen LogP contribution is -2.46. The number of methoxy groups -OCH3 is 1. The van der Waals surface area contributed by atoms with E-state index >= 15 is 0 Å². The minimum absolute atomic E-state index is 0.120. The van der Waals surface area contributed by atoms with Crippen molar-refractivity contribution in [3.05, 3.63) is 30.1 Å². The molecule has 1 saturated heterocycles. The molecule has 4 atom stereocenters. The highest BCUT2D eigenvalue weighted by Crippen LogP contribution is 2.30.